The quantitative estimate of drug-likeness (QED) is 0.419. The first-order valence-electron chi connectivity index (χ1n) is 11.0. The molecular weight excluding hydrogens is 417 g/mol. The van der Waals surface area contributed by atoms with Gasteiger partial charge >= 0.3 is 0 Å². The number of aliphatic hydroxyl groups excluding tert-OH is 1. The second-order valence-electron chi connectivity index (χ2n) is 8.63. The van der Waals surface area contributed by atoms with Gasteiger partial charge in [-0.15, -0.1) is 0 Å². The van der Waals surface area contributed by atoms with E-state index in [2.05, 4.69) is 9.97 Å². The summed E-state index contributed by atoms with van der Waals surface area (Å²) in [5.74, 6) is 1.17. The van der Waals surface area contributed by atoms with E-state index >= 15 is 4.39 Å². The largest absolute Gasteiger partial charge is 0.396 e. The van der Waals surface area contributed by atoms with E-state index in [1.807, 2.05) is 59.1 Å². The van der Waals surface area contributed by atoms with Crippen LogP contribution in [0.2, 0.25) is 0 Å². The highest BCUT2D eigenvalue weighted by atomic mass is 19.1. The van der Waals surface area contributed by atoms with Crippen molar-refractivity contribution in [2.45, 2.75) is 18.8 Å². The van der Waals surface area contributed by atoms with E-state index in [0.717, 1.165) is 29.6 Å². The number of hydrogen-bond acceptors (Lipinski definition) is 5. The van der Waals surface area contributed by atoms with Crippen LogP contribution >= 0.6 is 0 Å². The van der Waals surface area contributed by atoms with Gasteiger partial charge in [0, 0.05) is 41.4 Å². The van der Waals surface area contributed by atoms with Crippen LogP contribution in [-0.2, 0) is 0 Å². The van der Waals surface area contributed by atoms with Crippen molar-refractivity contribution in [3.05, 3.63) is 78.6 Å². The number of aliphatic hydroxyl groups is 1. The molecule has 0 radical (unpaired) electrons. The van der Waals surface area contributed by atoms with Crippen molar-refractivity contribution in [2.24, 2.45) is 5.92 Å². The summed E-state index contributed by atoms with van der Waals surface area (Å²) < 4.78 is 17.8. The van der Waals surface area contributed by atoms with Crippen molar-refractivity contribution in [1.82, 2.24) is 19.4 Å². The van der Waals surface area contributed by atoms with Crippen LogP contribution in [0.5, 0.6) is 0 Å². The lowest BCUT2D eigenvalue weighted by atomic mass is 9.75. The summed E-state index contributed by atoms with van der Waals surface area (Å²) in [5, 5.41) is 10.1. The van der Waals surface area contributed by atoms with E-state index in [4.69, 9.17) is 10.7 Å². The molecule has 1 aliphatic carbocycles. The molecule has 1 fully saturated rings. The zero-order valence-corrected chi connectivity index (χ0v) is 17.8. The highest BCUT2D eigenvalue weighted by Gasteiger charge is 2.34. The molecule has 6 rings (SSSR count). The SMILES string of the molecule is Nc1nccn2c1c(-c1ccc3ccc(-c4ccccc4)nc3c1F)nc2[C@H]1C[C@@H](CO)C1. The Hall–Kier alpha value is -3.84. The summed E-state index contributed by atoms with van der Waals surface area (Å²) in [6.45, 7) is 0.172. The van der Waals surface area contributed by atoms with E-state index < -0.39 is 5.82 Å². The lowest BCUT2D eigenvalue weighted by Gasteiger charge is -2.32. The molecule has 5 aromatic rings. The third-order valence-corrected chi connectivity index (χ3v) is 6.59. The highest BCUT2D eigenvalue weighted by molar-refractivity contribution is 5.92. The van der Waals surface area contributed by atoms with Crippen LogP contribution in [0.1, 0.15) is 24.6 Å². The van der Waals surface area contributed by atoms with Crippen LogP contribution in [0.3, 0.4) is 0 Å². The molecule has 3 N–H and O–H groups in total. The smallest absolute Gasteiger partial charge is 0.158 e. The topological polar surface area (TPSA) is 89.3 Å². The fourth-order valence-corrected chi connectivity index (χ4v) is 4.77. The van der Waals surface area contributed by atoms with Crippen molar-refractivity contribution in [1.29, 1.82) is 0 Å². The number of imidazole rings is 1. The predicted molar refractivity (Wildman–Crippen MR) is 126 cm³/mol. The Bertz CT molecular complexity index is 1490. The van der Waals surface area contributed by atoms with Gasteiger partial charge in [-0.2, -0.15) is 0 Å². The number of nitrogen functional groups attached to an aromatic ring is 1. The lowest BCUT2D eigenvalue weighted by molar-refractivity contribution is 0.138. The maximum Gasteiger partial charge on any atom is 0.158 e. The van der Waals surface area contributed by atoms with Gasteiger partial charge in [0.2, 0.25) is 0 Å². The van der Waals surface area contributed by atoms with Gasteiger partial charge in [-0.05, 0) is 30.9 Å². The van der Waals surface area contributed by atoms with Crippen LogP contribution in [0, 0.1) is 11.7 Å². The molecule has 0 unspecified atom stereocenters. The van der Waals surface area contributed by atoms with Gasteiger partial charge < -0.3 is 10.8 Å². The summed E-state index contributed by atoms with van der Waals surface area (Å²) in [6, 6.07) is 17.1. The molecule has 164 valence electrons. The molecule has 0 spiro atoms. The van der Waals surface area contributed by atoms with Gasteiger partial charge in [-0.3, -0.25) is 4.40 Å². The third kappa shape index (κ3) is 3.15. The summed E-state index contributed by atoms with van der Waals surface area (Å²) in [6.07, 6.45) is 5.14. The van der Waals surface area contributed by atoms with Gasteiger partial charge in [0.1, 0.15) is 28.4 Å². The Morgan fingerprint density at radius 1 is 1.03 bits per heavy atom. The van der Waals surface area contributed by atoms with Crippen molar-refractivity contribution in [3.63, 3.8) is 0 Å². The molecule has 1 saturated carbocycles. The molecule has 0 bridgehead atoms. The van der Waals surface area contributed by atoms with Crippen molar-refractivity contribution in [2.75, 3.05) is 12.3 Å². The van der Waals surface area contributed by atoms with E-state index in [0.29, 0.717) is 33.8 Å². The molecule has 0 aliphatic heterocycles. The lowest BCUT2D eigenvalue weighted by Crippen LogP contribution is -2.26. The molecule has 6 nitrogen and oxygen atoms in total. The first-order valence-corrected chi connectivity index (χ1v) is 11.0. The minimum Gasteiger partial charge on any atom is -0.396 e. The van der Waals surface area contributed by atoms with Gasteiger partial charge in [-0.25, -0.2) is 19.3 Å². The molecule has 0 saturated heterocycles. The first kappa shape index (κ1) is 19.8. The number of fused-ring (bicyclic) bond motifs is 2. The first-order chi connectivity index (χ1) is 16.1. The second kappa shape index (κ2) is 7.64. The van der Waals surface area contributed by atoms with E-state index in [9.17, 15) is 5.11 Å². The normalized spacial score (nSPS) is 18.0. The van der Waals surface area contributed by atoms with E-state index in [1.165, 1.54) is 0 Å². The molecule has 3 aromatic heterocycles. The zero-order chi connectivity index (χ0) is 22.5. The minimum absolute atomic E-state index is 0.172. The minimum atomic E-state index is -0.429. The summed E-state index contributed by atoms with van der Waals surface area (Å²) in [5.41, 5.74) is 9.57. The van der Waals surface area contributed by atoms with Crippen LogP contribution < -0.4 is 5.73 Å². The number of benzene rings is 2. The number of rotatable bonds is 4. The Labute approximate surface area is 189 Å². The summed E-state index contributed by atoms with van der Waals surface area (Å²) in [7, 11) is 0. The Morgan fingerprint density at radius 2 is 1.82 bits per heavy atom. The van der Waals surface area contributed by atoms with Crippen LogP contribution in [0.4, 0.5) is 10.2 Å². The Morgan fingerprint density at radius 3 is 2.61 bits per heavy atom. The van der Waals surface area contributed by atoms with Gasteiger partial charge in [0.05, 0.1) is 5.69 Å². The van der Waals surface area contributed by atoms with Crippen LogP contribution in [0.15, 0.2) is 67.0 Å². The fourth-order valence-electron chi connectivity index (χ4n) is 4.77. The Balaban J connectivity index is 1.53. The average molecular weight is 439 g/mol. The molecule has 7 heteroatoms. The predicted octanol–water partition coefficient (Wildman–Crippen LogP) is 4.82. The van der Waals surface area contributed by atoms with Gasteiger partial charge in [-0.1, -0.05) is 42.5 Å². The maximum absolute atomic E-state index is 15.9. The monoisotopic (exact) mass is 439 g/mol. The molecule has 0 amide bonds. The third-order valence-electron chi connectivity index (χ3n) is 6.59. The fraction of sp³-hybridized carbons (Fsp3) is 0.192. The number of hydrogen-bond donors (Lipinski definition) is 2. The van der Waals surface area contributed by atoms with E-state index in [-0.39, 0.29) is 18.4 Å². The number of anilines is 1. The Kier molecular flexibility index (Phi) is 4.58. The van der Waals surface area contributed by atoms with Crippen molar-refractivity contribution in [3.8, 4) is 22.5 Å². The molecular formula is C26H22FN5O. The summed E-state index contributed by atoms with van der Waals surface area (Å²) in [4.78, 5) is 13.7. The second-order valence-corrected chi connectivity index (χ2v) is 8.63. The maximum atomic E-state index is 15.9. The molecule has 2 aromatic carbocycles. The zero-order valence-electron chi connectivity index (χ0n) is 17.8. The van der Waals surface area contributed by atoms with Crippen molar-refractivity contribution < 1.29 is 9.50 Å². The number of halogens is 1. The molecule has 1 aliphatic rings. The van der Waals surface area contributed by atoms with Crippen LogP contribution in [0.25, 0.3) is 38.9 Å². The molecule has 3 heterocycles. The number of nitrogens with zero attached hydrogens (tertiary/aromatic N) is 4. The number of aromatic nitrogens is 4. The molecule has 0 atom stereocenters. The average Bonchev–Trinajstić information content (AvgIpc) is 3.19. The highest BCUT2D eigenvalue weighted by Crippen LogP contribution is 2.43. The number of nitrogens with two attached hydrogens (primary N) is 1. The number of pyridine rings is 1. The summed E-state index contributed by atoms with van der Waals surface area (Å²) >= 11 is 0. The standard InChI is InChI=1S/C26H22FN5O/c27-21-19(8-6-17-7-9-20(30-22(17)21)16-4-2-1-3-5-16)23-24-25(28)29-10-11-32(24)26(31-23)18-12-15(13-18)14-33/h1-11,15,18,33H,12-14H2,(H2,28,29)/t15-,18+. The van der Waals surface area contributed by atoms with E-state index in [1.54, 1.807) is 12.3 Å². The van der Waals surface area contributed by atoms with Crippen LogP contribution in [-0.4, -0.2) is 31.1 Å². The molecule has 33 heavy (non-hydrogen) atoms. The van der Waals surface area contributed by atoms with Gasteiger partial charge in [0.15, 0.2) is 5.82 Å². The van der Waals surface area contributed by atoms with Gasteiger partial charge in [0.25, 0.3) is 0 Å². The van der Waals surface area contributed by atoms with Crippen molar-refractivity contribution >= 4 is 22.2 Å².